The predicted molar refractivity (Wildman–Crippen MR) is 64.6 cm³/mol. The molecule has 0 radical (unpaired) electrons. The van der Waals surface area contributed by atoms with Crippen LogP contribution in [0.1, 0.15) is 45.4 Å². The SMILES string of the molecule is CCC1(C(=O)NCC2(O)CCOC2)CCCC1. The molecular weight excluding hydrogens is 218 g/mol. The highest BCUT2D eigenvalue weighted by molar-refractivity contribution is 5.82. The molecule has 4 heteroatoms. The minimum atomic E-state index is -0.844. The number of rotatable bonds is 4. The second-order valence-corrected chi connectivity index (χ2v) is 5.55. The fourth-order valence-electron chi connectivity index (χ4n) is 2.96. The van der Waals surface area contributed by atoms with E-state index in [1.807, 2.05) is 0 Å². The van der Waals surface area contributed by atoms with Gasteiger partial charge < -0.3 is 15.2 Å². The van der Waals surface area contributed by atoms with Crippen molar-refractivity contribution in [2.24, 2.45) is 5.41 Å². The third kappa shape index (κ3) is 2.63. The molecule has 1 aliphatic heterocycles. The summed E-state index contributed by atoms with van der Waals surface area (Å²) in [5.41, 5.74) is -1.01. The van der Waals surface area contributed by atoms with Gasteiger partial charge in [-0.2, -0.15) is 0 Å². The number of hydrogen-bond donors (Lipinski definition) is 2. The van der Waals surface area contributed by atoms with Gasteiger partial charge in [-0.3, -0.25) is 4.79 Å². The van der Waals surface area contributed by atoms with Gasteiger partial charge in [0.25, 0.3) is 0 Å². The van der Waals surface area contributed by atoms with Crippen molar-refractivity contribution in [3.8, 4) is 0 Å². The first kappa shape index (κ1) is 12.8. The molecule has 1 saturated carbocycles. The summed E-state index contributed by atoms with van der Waals surface area (Å²) in [7, 11) is 0. The minimum Gasteiger partial charge on any atom is -0.386 e. The fourth-order valence-corrected chi connectivity index (χ4v) is 2.96. The maximum atomic E-state index is 12.2. The van der Waals surface area contributed by atoms with Crippen LogP contribution in [-0.4, -0.2) is 36.4 Å². The average molecular weight is 241 g/mol. The van der Waals surface area contributed by atoms with Gasteiger partial charge >= 0.3 is 0 Å². The Morgan fingerprint density at radius 3 is 2.59 bits per heavy atom. The Kier molecular flexibility index (Phi) is 3.73. The Morgan fingerprint density at radius 1 is 1.35 bits per heavy atom. The monoisotopic (exact) mass is 241 g/mol. The van der Waals surface area contributed by atoms with Crippen LogP contribution in [0.5, 0.6) is 0 Å². The van der Waals surface area contributed by atoms with E-state index in [2.05, 4.69) is 12.2 Å². The highest BCUT2D eigenvalue weighted by atomic mass is 16.5. The summed E-state index contributed by atoms with van der Waals surface area (Å²) >= 11 is 0. The number of amides is 1. The number of nitrogens with one attached hydrogen (secondary N) is 1. The molecule has 2 rings (SSSR count). The molecule has 17 heavy (non-hydrogen) atoms. The van der Waals surface area contributed by atoms with Crippen LogP contribution in [0, 0.1) is 5.41 Å². The van der Waals surface area contributed by atoms with E-state index in [1.165, 1.54) is 0 Å². The zero-order valence-corrected chi connectivity index (χ0v) is 10.6. The van der Waals surface area contributed by atoms with Gasteiger partial charge in [0, 0.05) is 25.0 Å². The van der Waals surface area contributed by atoms with Gasteiger partial charge in [0.05, 0.1) is 6.61 Å². The summed E-state index contributed by atoms with van der Waals surface area (Å²) in [5, 5.41) is 13.0. The molecule has 0 aromatic carbocycles. The molecule has 0 bridgehead atoms. The van der Waals surface area contributed by atoms with Gasteiger partial charge in [0.15, 0.2) is 0 Å². The summed E-state index contributed by atoms with van der Waals surface area (Å²) in [4.78, 5) is 12.2. The smallest absolute Gasteiger partial charge is 0.226 e. The van der Waals surface area contributed by atoms with Gasteiger partial charge in [-0.15, -0.1) is 0 Å². The van der Waals surface area contributed by atoms with Crippen LogP contribution in [0.3, 0.4) is 0 Å². The molecule has 0 spiro atoms. The Morgan fingerprint density at radius 2 is 2.06 bits per heavy atom. The Hall–Kier alpha value is -0.610. The zero-order chi connectivity index (χ0) is 12.4. The maximum absolute atomic E-state index is 12.2. The molecular formula is C13H23NO3. The quantitative estimate of drug-likeness (QED) is 0.778. The van der Waals surface area contributed by atoms with E-state index in [0.29, 0.717) is 26.2 Å². The van der Waals surface area contributed by atoms with Crippen molar-refractivity contribution in [1.29, 1.82) is 0 Å². The van der Waals surface area contributed by atoms with Crippen molar-refractivity contribution in [3.63, 3.8) is 0 Å². The second kappa shape index (κ2) is 4.94. The van der Waals surface area contributed by atoms with E-state index in [4.69, 9.17) is 4.74 Å². The van der Waals surface area contributed by atoms with Crippen molar-refractivity contribution in [3.05, 3.63) is 0 Å². The van der Waals surface area contributed by atoms with Crippen LogP contribution in [0.4, 0.5) is 0 Å². The molecule has 2 aliphatic rings. The second-order valence-electron chi connectivity index (χ2n) is 5.55. The first-order chi connectivity index (χ1) is 8.10. The number of hydrogen-bond acceptors (Lipinski definition) is 3. The van der Waals surface area contributed by atoms with Crippen molar-refractivity contribution in [2.75, 3.05) is 19.8 Å². The molecule has 1 atom stereocenters. The fraction of sp³-hybridized carbons (Fsp3) is 0.923. The first-order valence-electron chi connectivity index (χ1n) is 6.69. The third-order valence-corrected chi connectivity index (χ3v) is 4.38. The van der Waals surface area contributed by atoms with Gasteiger partial charge in [-0.05, 0) is 19.3 Å². The van der Waals surface area contributed by atoms with Crippen LogP contribution < -0.4 is 5.32 Å². The van der Waals surface area contributed by atoms with Gasteiger partial charge in [0.1, 0.15) is 5.60 Å². The Balaban J connectivity index is 1.88. The van der Waals surface area contributed by atoms with Gasteiger partial charge in [-0.25, -0.2) is 0 Å². The summed E-state index contributed by atoms with van der Waals surface area (Å²) < 4.78 is 5.17. The van der Waals surface area contributed by atoms with E-state index in [1.54, 1.807) is 0 Å². The number of carbonyl (C=O) groups excluding carboxylic acids is 1. The number of ether oxygens (including phenoxy) is 1. The summed E-state index contributed by atoms with van der Waals surface area (Å²) in [5.74, 6) is 0.123. The van der Waals surface area contributed by atoms with Crippen LogP contribution in [0.15, 0.2) is 0 Å². The van der Waals surface area contributed by atoms with Gasteiger partial charge in [0.2, 0.25) is 5.91 Å². The van der Waals surface area contributed by atoms with Crippen molar-refractivity contribution < 1.29 is 14.6 Å². The standard InChI is InChI=1S/C13H23NO3/c1-2-12(5-3-4-6-12)11(15)14-9-13(16)7-8-17-10-13/h16H,2-10H2,1H3,(H,14,15). The Labute approximate surface area is 103 Å². The normalized spacial score (nSPS) is 31.6. The first-order valence-corrected chi connectivity index (χ1v) is 6.69. The summed E-state index contributed by atoms with van der Waals surface area (Å²) in [6.07, 6.45) is 5.79. The summed E-state index contributed by atoms with van der Waals surface area (Å²) in [6, 6.07) is 0. The van der Waals surface area contributed by atoms with Gasteiger partial charge in [-0.1, -0.05) is 19.8 Å². The van der Waals surface area contributed by atoms with Crippen molar-refractivity contribution >= 4 is 5.91 Å². The average Bonchev–Trinajstić information content (AvgIpc) is 2.96. The molecule has 2 N–H and O–H groups in total. The zero-order valence-electron chi connectivity index (χ0n) is 10.6. The molecule has 98 valence electrons. The number of carbonyl (C=O) groups is 1. The molecule has 1 heterocycles. The highest BCUT2D eigenvalue weighted by Crippen LogP contribution is 2.41. The van der Waals surface area contributed by atoms with E-state index in [0.717, 1.165) is 32.1 Å². The topological polar surface area (TPSA) is 58.6 Å². The molecule has 2 fully saturated rings. The molecule has 0 aromatic rings. The molecule has 1 aliphatic carbocycles. The van der Waals surface area contributed by atoms with Crippen molar-refractivity contribution in [1.82, 2.24) is 5.32 Å². The number of aliphatic hydroxyl groups is 1. The lowest BCUT2D eigenvalue weighted by molar-refractivity contribution is -0.132. The van der Waals surface area contributed by atoms with Crippen LogP contribution in [-0.2, 0) is 9.53 Å². The molecule has 1 amide bonds. The molecule has 1 saturated heterocycles. The van der Waals surface area contributed by atoms with E-state index in [9.17, 15) is 9.90 Å². The highest BCUT2D eigenvalue weighted by Gasteiger charge is 2.41. The van der Waals surface area contributed by atoms with E-state index >= 15 is 0 Å². The molecule has 0 aromatic heterocycles. The lowest BCUT2D eigenvalue weighted by Crippen LogP contribution is -2.48. The Bertz CT molecular complexity index is 278. The minimum absolute atomic E-state index is 0.123. The maximum Gasteiger partial charge on any atom is 0.226 e. The largest absolute Gasteiger partial charge is 0.386 e. The van der Waals surface area contributed by atoms with Crippen LogP contribution >= 0.6 is 0 Å². The van der Waals surface area contributed by atoms with E-state index in [-0.39, 0.29) is 11.3 Å². The molecule has 1 unspecified atom stereocenters. The predicted octanol–water partition coefficient (Wildman–Crippen LogP) is 1.22. The van der Waals surface area contributed by atoms with Crippen molar-refractivity contribution in [2.45, 2.75) is 51.0 Å². The van der Waals surface area contributed by atoms with Crippen LogP contribution in [0.2, 0.25) is 0 Å². The van der Waals surface area contributed by atoms with E-state index < -0.39 is 5.60 Å². The lowest BCUT2D eigenvalue weighted by atomic mass is 9.82. The lowest BCUT2D eigenvalue weighted by Gasteiger charge is -2.28. The summed E-state index contributed by atoms with van der Waals surface area (Å²) in [6.45, 7) is 3.34. The molecule has 4 nitrogen and oxygen atoms in total. The third-order valence-electron chi connectivity index (χ3n) is 4.38. The van der Waals surface area contributed by atoms with Crippen LogP contribution in [0.25, 0.3) is 0 Å².